The van der Waals surface area contributed by atoms with Crippen LogP contribution >= 0.6 is 0 Å². The van der Waals surface area contributed by atoms with Gasteiger partial charge in [0.1, 0.15) is 5.82 Å². The van der Waals surface area contributed by atoms with Crippen molar-refractivity contribution in [2.24, 2.45) is 5.73 Å². The van der Waals surface area contributed by atoms with E-state index in [9.17, 15) is 9.18 Å². The third-order valence-electron chi connectivity index (χ3n) is 7.29. The molecular formula is C30H33FN4O. The molecule has 0 unspecified atom stereocenters. The molecule has 1 amide bonds. The summed E-state index contributed by atoms with van der Waals surface area (Å²) in [4.78, 5) is 18.8. The first kappa shape index (κ1) is 24.2. The molecule has 186 valence electrons. The Hall–Kier alpha value is -3.51. The van der Waals surface area contributed by atoms with Crippen LogP contribution in [0.15, 0.2) is 72.9 Å². The lowest BCUT2D eigenvalue weighted by atomic mass is 10.0. The first-order chi connectivity index (χ1) is 17.5. The number of rotatable bonds is 9. The van der Waals surface area contributed by atoms with E-state index in [0.717, 1.165) is 74.1 Å². The van der Waals surface area contributed by atoms with Crippen molar-refractivity contribution in [2.45, 2.75) is 44.6 Å². The molecular weight excluding hydrogens is 451 g/mol. The number of halogens is 1. The highest BCUT2D eigenvalue weighted by atomic mass is 19.1. The molecule has 1 fully saturated rings. The van der Waals surface area contributed by atoms with E-state index in [0.29, 0.717) is 6.04 Å². The van der Waals surface area contributed by atoms with Gasteiger partial charge in [-0.1, -0.05) is 30.3 Å². The van der Waals surface area contributed by atoms with Gasteiger partial charge in [0, 0.05) is 48.8 Å². The van der Waals surface area contributed by atoms with Crippen molar-refractivity contribution in [1.29, 1.82) is 0 Å². The third kappa shape index (κ3) is 5.82. The number of aryl methyl sites for hydroxylation is 2. The summed E-state index contributed by atoms with van der Waals surface area (Å²) in [6.45, 7) is 2.97. The predicted molar refractivity (Wildman–Crippen MR) is 141 cm³/mol. The fourth-order valence-corrected chi connectivity index (χ4v) is 5.38. The van der Waals surface area contributed by atoms with Crippen LogP contribution in [0.3, 0.4) is 0 Å². The van der Waals surface area contributed by atoms with Crippen molar-refractivity contribution >= 4 is 16.8 Å². The van der Waals surface area contributed by atoms with Crippen molar-refractivity contribution < 1.29 is 9.18 Å². The lowest BCUT2D eigenvalue weighted by molar-refractivity contribution is -0.117. The van der Waals surface area contributed by atoms with E-state index in [2.05, 4.69) is 44.8 Å². The summed E-state index contributed by atoms with van der Waals surface area (Å²) in [5, 5.41) is 1.16. The van der Waals surface area contributed by atoms with E-state index < -0.39 is 0 Å². The zero-order valence-electron chi connectivity index (χ0n) is 20.6. The monoisotopic (exact) mass is 484 g/mol. The maximum Gasteiger partial charge on any atom is 0.223 e. The second kappa shape index (κ2) is 11.0. The van der Waals surface area contributed by atoms with Crippen molar-refractivity contribution in [3.63, 3.8) is 0 Å². The zero-order chi connectivity index (χ0) is 24.9. The van der Waals surface area contributed by atoms with E-state index in [4.69, 9.17) is 5.73 Å². The van der Waals surface area contributed by atoms with Gasteiger partial charge in [-0.2, -0.15) is 0 Å². The molecule has 0 atom stereocenters. The highest BCUT2D eigenvalue weighted by molar-refractivity contribution is 5.85. The molecule has 0 aliphatic carbocycles. The van der Waals surface area contributed by atoms with Gasteiger partial charge in [-0.05, 0) is 85.0 Å². The van der Waals surface area contributed by atoms with Crippen LogP contribution in [0.1, 0.15) is 41.4 Å². The average Bonchev–Trinajstić information content (AvgIpc) is 3.24. The molecule has 5 rings (SSSR count). The van der Waals surface area contributed by atoms with Crippen molar-refractivity contribution in [3.8, 4) is 0 Å². The molecule has 36 heavy (non-hydrogen) atoms. The molecule has 1 aliphatic heterocycles. The molecule has 0 radical (unpaired) electrons. The normalized spacial score (nSPS) is 14.9. The number of carbonyl (C=O) groups is 1. The maximum atomic E-state index is 13.2. The van der Waals surface area contributed by atoms with Gasteiger partial charge in [0.25, 0.3) is 0 Å². The zero-order valence-corrected chi connectivity index (χ0v) is 20.6. The molecule has 2 aromatic carbocycles. The first-order valence-electron chi connectivity index (χ1n) is 12.8. The Morgan fingerprint density at radius 1 is 0.944 bits per heavy atom. The number of benzene rings is 2. The Labute approximate surface area is 211 Å². The lowest BCUT2D eigenvalue weighted by Crippen LogP contribution is -2.36. The molecule has 4 aromatic rings. The number of hydrogen-bond donors (Lipinski definition) is 1. The van der Waals surface area contributed by atoms with Crippen LogP contribution in [0.25, 0.3) is 10.9 Å². The van der Waals surface area contributed by atoms with Crippen LogP contribution in [-0.4, -0.2) is 40.0 Å². The minimum atomic E-state index is -0.300. The van der Waals surface area contributed by atoms with Gasteiger partial charge in [0.2, 0.25) is 5.91 Å². The number of likely N-dealkylation sites (tertiary alicyclic amines) is 1. The topological polar surface area (TPSA) is 64.2 Å². The first-order valence-corrected chi connectivity index (χ1v) is 12.8. The van der Waals surface area contributed by atoms with Crippen molar-refractivity contribution in [2.75, 3.05) is 19.6 Å². The van der Waals surface area contributed by atoms with Crippen LogP contribution in [0.2, 0.25) is 0 Å². The largest absolute Gasteiger partial charge is 0.369 e. The summed E-state index contributed by atoms with van der Waals surface area (Å²) < 4.78 is 15.6. The van der Waals surface area contributed by atoms with Crippen LogP contribution in [0, 0.1) is 5.82 Å². The summed E-state index contributed by atoms with van der Waals surface area (Å²) in [5.74, 6) is -0.490. The molecule has 5 nitrogen and oxygen atoms in total. The van der Waals surface area contributed by atoms with E-state index >= 15 is 0 Å². The summed E-state index contributed by atoms with van der Waals surface area (Å²) in [6, 6.07) is 21.9. The predicted octanol–water partition coefficient (Wildman–Crippen LogP) is 4.87. The number of aromatic nitrogens is 2. The number of carbonyl (C=O) groups excluding carboxylic acids is 1. The summed E-state index contributed by atoms with van der Waals surface area (Å²) in [7, 11) is 0. The van der Waals surface area contributed by atoms with Gasteiger partial charge in [-0.3, -0.25) is 9.78 Å². The molecule has 0 bridgehead atoms. The van der Waals surface area contributed by atoms with E-state index in [1.807, 2.05) is 30.5 Å². The van der Waals surface area contributed by atoms with Gasteiger partial charge >= 0.3 is 0 Å². The Morgan fingerprint density at radius 3 is 2.44 bits per heavy atom. The minimum absolute atomic E-state index is 0.190. The smallest absolute Gasteiger partial charge is 0.223 e. The van der Waals surface area contributed by atoms with Crippen LogP contribution in [0.4, 0.5) is 4.39 Å². The number of hydrogen-bond acceptors (Lipinski definition) is 3. The Balaban J connectivity index is 1.30. The number of nitrogens with two attached hydrogens (primary N) is 1. The molecule has 6 heteroatoms. The van der Waals surface area contributed by atoms with Gasteiger partial charge in [0.15, 0.2) is 0 Å². The number of nitrogens with zero attached hydrogens (tertiary/aromatic N) is 3. The van der Waals surface area contributed by atoms with Crippen LogP contribution < -0.4 is 5.73 Å². The number of piperidine rings is 1. The van der Waals surface area contributed by atoms with Crippen LogP contribution in [0.5, 0.6) is 0 Å². The molecule has 0 spiro atoms. The molecule has 1 aliphatic rings. The summed E-state index contributed by atoms with van der Waals surface area (Å²) >= 11 is 0. The van der Waals surface area contributed by atoms with Gasteiger partial charge < -0.3 is 15.2 Å². The Kier molecular flexibility index (Phi) is 7.42. The van der Waals surface area contributed by atoms with Gasteiger partial charge in [0.05, 0.1) is 6.42 Å². The SMILES string of the molecule is NC(=O)Cc1cc2ccc(CCc3ccccn3)cc2n1C1CCN(CCc2ccc(F)cc2)CC1. The van der Waals surface area contributed by atoms with Crippen molar-refractivity contribution in [3.05, 3.63) is 101 Å². The van der Waals surface area contributed by atoms with E-state index in [-0.39, 0.29) is 18.1 Å². The second-order valence-corrected chi connectivity index (χ2v) is 9.81. The second-order valence-electron chi connectivity index (χ2n) is 9.81. The summed E-state index contributed by atoms with van der Waals surface area (Å²) in [6.07, 6.45) is 6.88. The number of primary amides is 1. The molecule has 1 saturated heterocycles. The van der Waals surface area contributed by atoms with E-state index in [1.165, 1.54) is 23.2 Å². The summed E-state index contributed by atoms with van der Waals surface area (Å²) in [5.41, 5.74) is 11.3. The molecule has 2 N–H and O–H groups in total. The molecule has 2 aromatic heterocycles. The number of pyridine rings is 1. The van der Waals surface area contributed by atoms with Crippen molar-refractivity contribution in [1.82, 2.24) is 14.5 Å². The molecule has 0 saturated carbocycles. The lowest BCUT2D eigenvalue weighted by Gasteiger charge is -2.34. The standard InChI is InChI=1S/C30H33FN4O/c31-25-9-5-22(6-10-25)12-16-34-17-13-27(14-18-34)35-28(21-30(32)36)20-24-8-4-23(19-29(24)35)7-11-26-3-1-2-15-33-26/h1-6,8-10,15,19-20,27H,7,11-14,16-18,21H2,(H2,32,36). The van der Waals surface area contributed by atoms with Gasteiger partial charge in [-0.15, -0.1) is 0 Å². The fraction of sp³-hybridized carbons (Fsp3) is 0.333. The van der Waals surface area contributed by atoms with Gasteiger partial charge in [-0.25, -0.2) is 4.39 Å². The fourth-order valence-electron chi connectivity index (χ4n) is 5.38. The quantitative estimate of drug-likeness (QED) is 0.369. The highest BCUT2D eigenvalue weighted by Gasteiger charge is 2.24. The Morgan fingerprint density at radius 2 is 1.72 bits per heavy atom. The highest BCUT2D eigenvalue weighted by Crippen LogP contribution is 2.32. The number of fused-ring (bicyclic) bond motifs is 1. The minimum Gasteiger partial charge on any atom is -0.369 e. The number of amides is 1. The molecule has 3 heterocycles. The Bertz CT molecular complexity index is 1310. The van der Waals surface area contributed by atoms with Crippen LogP contribution in [-0.2, 0) is 30.5 Å². The van der Waals surface area contributed by atoms with E-state index in [1.54, 1.807) is 0 Å². The maximum absolute atomic E-state index is 13.2. The third-order valence-corrected chi connectivity index (χ3v) is 7.29. The average molecular weight is 485 g/mol.